The number of nitrogens with zero attached hydrogens (tertiary/aromatic N) is 3. The third-order valence-electron chi connectivity index (χ3n) is 8.88. The first kappa shape index (κ1) is 29.9. The van der Waals surface area contributed by atoms with Crippen LogP contribution in [0.25, 0.3) is 0 Å². The predicted molar refractivity (Wildman–Crippen MR) is 146 cm³/mol. The smallest absolute Gasteiger partial charge is 0.508 e. The Hall–Kier alpha value is -4.17. The minimum absolute atomic E-state index is 0.0548. The molecule has 6 atom stereocenters. The van der Waals surface area contributed by atoms with Gasteiger partial charge in [-0.3, -0.25) is 39.1 Å². The largest absolute Gasteiger partial charge is 0.573 e. The first-order chi connectivity index (χ1) is 20.5. The van der Waals surface area contributed by atoms with Crippen LogP contribution < -0.4 is 9.64 Å². The van der Waals surface area contributed by atoms with Crippen LogP contribution >= 0.6 is 23.2 Å². The number of hydrogen-bond acceptors (Lipinski definition) is 8. The maximum atomic E-state index is 13.9. The molecule has 11 nitrogen and oxygen atoms in total. The van der Waals surface area contributed by atoms with Crippen molar-refractivity contribution < 1.29 is 47.1 Å². The van der Waals surface area contributed by atoms with Gasteiger partial charge in [0.15, 0.2) is 9.75 Å². The van der Waals surface area contributed by atoms with Crippen LogP contribution in [0.2, 0.25) is 0 Å². The number of nitro benzene ring substituents is 1. The summed E-state index contributed by atoms with van der Waals surface area (Å²) in [5.74, 6) is -9.14. The zero-order valence-corrected chi connectivity index (χ0v) is 23.9. The molecule has 1 N–H and O–H groups in total. The van der Waals surface area contributed by atoms with Crippen LogP contribution in [-0.2, 0) is 19.2 Å². The highest BCUT2D eigenvalue weighted by atomic mass is 35.5. The summed E-state index contributed by atoms with van der Waals surface area (Å²) in [7, 11) is 1.14. The van der Waals surface area contributed by atoms with Gasteiger partial charge in [0.1, 0.15) is 11.5 Å². The highest BCUT2D eigenvalue weighted by Crippen LogP contribution is 2.66. The van der Waals surface area contributed by atoms with Gasteiger partial charge in [0.25, 0.3) is 17.5 Å². The molecule has 44 heavy (non-hydrogen) atoms. The topological polar surface area (TPSA) is 147 Å². The quantitative estimate of drug-likeness (QED) is 0.168. The highest BCUT2D eigenvalue weighted by molar-refractivity contribution is 6.53. The molecule has 4 amide bonds. The number of ether oxygens (including phenoxy) is 1. The van der Waals surface area contributed by atoms with E-state index >= 15 is 0 Å². The van der Waals surface area contributed by atoms with Gasteiger partial charge in [-0.2, -0.15) is 0 Å². The number of fused-ring (bicyclic) bond motifs is 4. The van der Waals surface area contributed by atoms with Crippen LogP contribution in [0.3, 0.4) is 0 Å². The summed E-state index contributed by atoms with van der Waals surface area (Å²) in [6.07, 6.45) is -4.01. The van der Waals surface area contributed by atoms with Crippen molar-refractivity contribution in [3.05, 3.63) is 69.8 Å². The number of nitro groups is 1. The van der Waals surface area contributed by atoms with Gasteiger partial charge in [-0.1, -0.05) is 11.6 Å². The fourth-order valence-electron chi connectivity index (χ4n) is 7.03. The van der Waals surface area contributed by atoms with Crippen molar-refractivity contribution in [3.8, 4) is 11.5 Å². The molecule has 2 aromatic rings. The summed E-state index contributed by atoms with van der Waals surface area (Å²) in [6, 6.07) is 7.35. The van der Waals surface area contributed by atoms with E-state index in [0.29, 0.717) is 4.90 Å². The number of aromatic hydroxyl groups is 1. The number of non-ortho nitro benzene ring substituents is 1. The number of likely N-dealkylation sites (tertiary alicyclic amines) is 1. The van der Waals surface area contributed by atoms with Crippen molar-refractivity contribution in [2.24, 2.45) is 17.8 Å². The van der Waals surface area contributed by atoms with E-state index in [9.17, 15) is 47.6 Å². The van der Waals surface area contributed by atoms with Crippen molar-refractivity contribution in [2.45, 2.75) is 34.9 Å². The van der Waals surface area contributed by atoms with E-state index in [1.165, 1.54) is 18.2 Å². The Labute approximate surface area is 255 Å². The van der Waals surface area contributed by atoms with Gasteiger partial charge in [-0.25, -0.2) is 0 Å². The van der Waals surface area contributed by atoms with Crippen molar-refractivity contribution in [3.63, 3.8) is 0 Å². The number of phenols is 1. The fourth-order valence-corrected chi connectivity index (χ4v) is 8.04. The first-order valence-corrected chi connectivity index (χ1v) is 13.9. The van der Waals surface area contributed by atoms with Gasteiger partial charge < -0.3 is 9.84 Å². The van der Waals surface area contributed by atoms with E-state index in [1.54, 1.807) is 0 Å². The van der Waals surface area contributed by atoms with Crippen LogP contribution in [-0.4, -0.2) is 61.7 Å². The highest BCUT2D eigenvalue weighted by Gasteiger charge is 2.76. The molecule has 0 aromatic heterocycles. The molecule has 6 rings (SSSR count). The number of anilines is 1. The Balaban J connectivity index is 1.49. The normalized spacial score (nSPS) is 31.5. The van der Waals surface area contributed by atoms with Gasteiger partial charge >= 0.3 is 6.36 Å². The standard InChI is InChI=1S/C28H20Cl2F3N3O8/c1-34-24(40)26(29)11-18-15(21(27(26,30)25(34)41)17-10-14(6-9-19(17)37)44-28(31,32)33)7-8-16-20(18)23(39)35(22(16)38)12-2-4-13(5-3-12)36(42)43/h2-7,9-10,16,18,20-21,37H,8,11H2,1H3. The van der Waals surface area contributed by atoms with Crippen molar-refractivity contribution >= 4 is 58.2 Å². The number of allylic oxidation sites excluding steroid dienone is 2. The summed E-state index contributed by atoms with van der Waals surface area (Å²) >= 11 is 14.0. The summed E-state index contributed by atoms with van der Waals surface area (Å²) in [5.41, 5.74) is -0.263. The summed E-state index contributed by atoms with van der Waals surface area (Å²) < 4.78 is 43.4. The van der Waals surface area contributed by atoms with Crippen LogP contribution in [0.5, 0.6) is 11.5 Å². The molecule has 1 saturated carbocycles. The maximum Gasteiger partial charge on any atom is 0.573 e. The summed E-state index contributed by atoms with van der Waals surface area (Å²) in [5, 5.41) is 22.0. The number of amides is 4. The van der Waals surface area contributed by atoms with Crippen molar-refractivity contribution in [2.75, 3.05) is 11.9 Å². The summed E-state index contributed by atoms with van der Waals surface area (Å²) in [4.78, 5) is 62.1. The van der Waals surface area contributed by atoms with Crippen LogP contribution in [0.15, 0.2) is 54.1 Å². The number of carbonyl (C=O) groups excluding carboxylic acids is 4. The molecule has 16 heteroatoms. The first-order valence-electron chi connectivity index (χ1n) is 13.1. The molecule has 0 spiro atoms. The Kier molecular flexibility index (Phi) is 6.56. The lowest BCUT2D eigenvalue weighted by molar-refractivity contribution is -0.384. The Morgan fingerprint density at radius 2 is 1.68 bits per heavy atom. The van der Waals surface area contributed by atoms with Crippen molar-refractivity contribution in [1.29, 1.82) is 0 Å². The number of carbonyl (C=O) groups is 4. The van der Waals surface area contributed by atoms with Crippen LogP contribution in [0, 0.1) is 27.9 Å². The maximum absolute atomic E-state index is 13.9. The molecular formula is C28H20Cl2F3N3O8. The SMILES string of the molecule is CN1C(=O)C2(Cl)CC3C(=CCC4C(=O)N(c5ccc([N+](=O)[O-])cc5)C(=O)C43)C(c3cc(OC(F)(F)F)ccc3O)C2(Cl)C1=O. The third kappa shape index (κ3) is 4.03. The van der Waals surface area contributed by atoms with E-state index in [2.05, 4.69) is 4.74 Å². The molecule has 2 aliphatic heterocycles. The molecule has 6 unspecified atom stereocenters. The number of phenolic OH excluding ortho intramolecular Hbond substituents is 1. The van der Waals surface area contributed by atoms with Crippen LogP contribution in [0.1, 0.15) is 24.3 Å². The van der Waals surface area contributed by atoms with Crippen LogP contribution in [0.4, 0.5) is 24.5 Å². The lowest BCUT2D eigenvalue weighted by Crippen LogP contribution is -2.60. The van der Waals surface area contributed by atoms with Gasteiger partial charge in [0, 0.05) is 30.7 Å². The van der Waals surface area contributed by atoms with Gasteiger partial charge in [-0.15, -0.1) is 36.4 Å². The molecule has 4 aliphatic rings. The Morgan fingerprint density at radius 3 is 2.30 bits per heavy atom. The number of halogens is 5. The fraction of sp³-hybridized carbons (Fsp3) is 0.357. The number of alkyl halides is 5. The van der Waals surface area contributed by atoms with E-state index in [-0.39, 0.29) is 35.4 Å². The Morgan fingerprint density at radius 1 is 1.02 bits per heavy atom. The average Bonchev–Trinajstić information content (AvgIpc) is 3.28. The van der Waals surface area contributed by atoms with E-state index < -0.39 is 79.8 Å². The van der Waals surface area contributed by atoms with Crippen molar-refractivity contribution in [1.82, 2.24) is 4.90 Å². The molecule has 3 fully saturated rings. The molecule has 230 valence electrons. The second-order valence-electron chi connectivity index (χ2n) is 11.1. The molecule has 2 aliphatic carbocycles. The van der Waals surface area contributed by atoms with E-state index in [1.807, 2.05) is 0 Å². The monoisotopic (exact) mass is 653 g/mol. The summed E-state index contributed by atoms with van der Waals surface area (Å²) in [6.45, 7) is 0. The molecule has 2 heterocycles. The van der Waals surface area contributed by atoms with Gasteiger partial charge in [0.05, 0.1) is 22.4 Å². The zero-order chi connectivity index (χ0) is 32.1. The van der Waals surface area contributed by atoms with E-state index in [4.69, 9.17) is 23.2 Å². The number of hydrogen-bond donors (Lipinski definition) is 1. The lowest BCUT2D eigenvalue weighted by atomic mass is 9.56. The minimum atomic E-state index is -5.10. The molecule has 0 radical (unpaired) electrons. The lowest BCUT2D eigenvalue weighted by Gasteiger charge is -2.50. The predicted octanol–water partition coefficient (Wildman–Crippen LogP) is 4.39. The zero-order valence-electron chi connectivity index (χ0n) is 22.4. The second kappa shape index (κ2) is 9.66. The molecule has 2 aromatic carbocycles. The van der Waals surface area contributed by atoms with Gasteiger partial charge in [-0.05, 0) is 49.1 Å². The number of rotatable bonds is 4. The molecular weight excluding hydrogens is 634 g/mol. The third-order valence-corrected chi connectivity index (χ3v) is 10.3. The second-order valence-corrected chi connectivity index (χ2v) is 12.3. The van der Waals surface area contributed by atoms with Gasteiger partial charge in [0.2, 0.25) is 11.8 Å². The van der Waals surface area contributed by atoms with E-state index in [0.717, 1.165) is 42.3 Å². The molecule has 0 bridgehead atoms. The molecule has 2 saturated heterocycles. The number of benzene rings is 2. The minimum Gasteiger partial charge on any atom is -0.508 e. The average molecular weight is 654 g/mol. The Bertz CT molecular complexity index is 1700. The number of imide groups is 2.